The van der Waals surface area contributed by atoms with Crippen LogP contribution in [0, 0.1) is 11.8 Å². The minimum atomic E-state index is -0.121. The van der Waals surface area contributed by atoms with Gasteiger partial charge in [-0.1, -0.05) is 82.0 Å². The largest absolute Gasteiger partial charge is 0.371 e. The van der Waals surface area contributed by atoms with Crippen LogP contribution >= 0.6 is 0 Å². The first-order valence-corrected chi connectivity index (χ1v) is 14.0. The number of hydrogen-bond donors (Lipinski definition) is 0. The van der Waals surface area contributed by atoms with Crippen molar-refractivity contribution >= 4 is 17.2 Å². The zero-order valence-electron chi connectivity index (χ0n) is 25.0. The summed E-state index contributed by atoms with van der Waals surface area (Å²) < 4.78 is 0. The third-order valence-electron chi connectivity index (χ3n) is 7.46. The van der Waals surface area contributed by atoms with Crippen LogP contribution in [-0.4, -0.2) is 42.2 Å². The molecule has 1 unspecified atom stereocenters. The summed E-state index contributed by atoms with van der Waals surface area (Å²) in [4.78, 5) is 24.8. The molecule has 0 aromatic heterocycles. The van der Waals surface area contributed by atoms with E-state index in [9.17, 15) is 4.79 Å². The van der Waals surface area contributed by atoms with E-state index >= 15 is 0 Å². The summed E-state index contributed by atoms with van der Waals surface area (Å²) in [5, 5.41) is 0. The van der Waals surface area contributed by atoms with Crippen molar-refractivity contribution in [2.45, 2.75) is 60.3 Å². The predicted octanol–water partition coefficient (Wildman–Crippen LogP) is 8.32. The molecular weight excluding hydrogens is 478 g/mol. The summed E-state index contributed by atoms with van der Waals surface area (Å²) in [6.45, 7) is 29.0. The molecule has 0 aromatic rings. The predicted molar refractivity (Wildman–Crippen MR) is 170 cm³/mol. The van der Waals surface area contributed by atoms with Gasteiger partial charge in [0.25, 0.3) is 0 Å². The van der Waals surface area contributed by atoms with Gasteiger partial charge >= 0.3 is 0 Å². The maximum absolute atomic E-state index is 12.9. The van der Waals surface area contributed by atoms with Crippen LogP contribution in [0.25, 0.3) is 0 Å². The van der Waals surface area contributed by atoms with E-state index in [0.29, 0.717) is 29.3 Å². The minimum Gasteiger partial charge on any atom is -0.371 e. The molecule has 0 radical (unpaired) electrons. The smallest absolute Gasteiger partial charge is 0.183 e. The number of ketones is 1. The van der Waals surface area contributed by atoms with Gasteiger partial charge in [-0.15, -0.1) is 0 Å². The topological polar surface area (TPSA) is 45.0 Å². The highest BCUT2D eigenvalue weighted by Gasteiger charge is 2.20. The summed E-state index contributed by atoms with van der Waals surface area (Å²) in [7, 11) is 1.73. The Morgan fingerprint density at radius 3 is 2.67 bits per heavy atom. The lowest BCUT2D eigenvalue weighted by Gasteiger charge is -2.26. The van der Waals surface area contributed by atoms with E-state index in [1.54, 1.807) is 13.1 Å². The first-order valence-electron chi connectivity index (χ1n) is 14.0. The highest BCUT2D eigenvalue weighted by Crippen LogP contribution is 2.26. The van der Waals surface area contributed by atoms with Gasteiger partial charge in [0.15, 0.2) is 5.78 Å². The van der Waals surface area contributed by atoms with Crippen molar-refractivity contribution in [1.29, 1.82) is 0 Å². The molecule has 1 saturated heterocycles. The van der Waals surface area contributed by atoms with E-state index in [2.05, 4.69) is 82.1 Å². The molecule has 0 spiro atoms. The monoisotopic (exact) mass is 525 g/mol. The van der Waals surface area contributed by atoms with Crippen LogP contribution in [0.3, 0.4) is 0 Å². The Kier molecular flexibility index (Phi) is 12.3. The van der Waals surface area contributed by atoms with E-state index in [1.807, 2.05) is 25.2 Å². The molecule has 0 N–H and O–H groups in total. The number of allylic oxidation sites excluding steroid dienone is 11. The Bertz CT molecular complexity index is 1210. The van der Waals surface area contributed by atoms with Gasteiger partial charge in [0, 0.05) is 44.0 Å². The van der Waals surface area contributed by atoms with Crippen LogP contribution in [0.5, 0.6) is 0 Å². The maximum Gasteiger partial charge on any atom is 0.183 e. The second kappa shape index (κ2) is 15.2. The maximum atomic E-state index is 12.9. The van der Waals surface area contributed by atoms with Crippen molar-refractivity contribution in [3.8, 4) is 0 Å². The third-order valence-corrected chi connectivity index (χ3v) is 7.46. The average Bonchev–Trinajstić information content (AvgIpc) is 3.17. The molecule has 0 bridgehead atoms. The van der Waals surface area contributed by atoms with Crippen molar-refractivity contribution in [3.63, 3.8) is 0 Å². The Labute approximate surface area is 237 Å². The summed E-state index contributed by atoms with van der Waals surface area (Å²) in [6, 6.07) is 0. The normalized spacial score (nSPS) is 21.4. The van der Waals surface area contributed by atoms with E-state index in [0.717, 1.165) is 60.5 Å². The standard InChI is InChI=1S/C35H47N3O/c1-11-24(4)19-27(7)32(25(5)12-2)21-33(36-10)34-22-35(39)28(8)20-30(37-34)16-17-31(13-3)38-18-14-15-26(6)29(9)23-38/h11,13,16-17,19,21-22,27,29H,1,5-6,8,12,14-15,18,20,23H2,2-4,7,9-10H3/b17-16-,24-19-,31-13+,32-21-,36-33?/t27?,29-/m1/s1. The van der Waals surface area contributed by atoms with Gasteiger partial charge < -0.3 is 4.90 Å². The van der Waals surface area contributed by atoms with Crippen molar-refractivity contribution in [2.75, 3.05) is 20.1 Å². The van der Waals surface area contributed by atoms with Crippen LogP contribution in [0.2, 0.25) is 0 Å². The summed E-state index contributed by atoms with van der Waals surface area (Å²) >= 11 is 0. The second-order valence-electron chi connectivity index (χ2n) is 10.5. The van der Waals surface area contributed by atoms with E-state index in [-0.39, 0.29) is 11.7 Å². The van der Waals surface area contributed by atoms with Crippen molar-refractivity contribution in [2.24, 2.45) is 21.8 Å². The van der Waals surface area contributed by atoms with Crippen molar-refractivity contribution < 1.29 is 4.79 Å². The molecule has 0 saturated carbocycles. The molecule has 2 atom stereocenters. The second-order valence-corrected chi connectivity index (χ2v) is 10.5. The van der Waals surface area contributed by atoms with Gasteiger partial charge in [-0.2, -0.15) is 0 Å². The van der Waals surface area contributed by atoms with E-state index < -0.39 is 0 Å². The summed E-state index contributed by atoms with van der Waals surface area (Å²) in [5.74, 6) is 0.439. The Morgan fingerprint density at radius 1 is 1.33 bits per heavy atom. The van der Waals surface area contributed by atoms with Crippen LogP contribution in [-0.2, 0) is 4.79 Å². The van der Waals surface area contributed by atoms with E-state index in [4.69, 9.17) is 4.99 Å². The molecular formula is C35H47N3O. The lowest BCUT2D eigenvalue weighted by atomic mass is 9.90. The zero-order valence-corrected chi connectivity index (χ0v) is 25.0. The third kappa shape index (κ3) is 9.02. The number of likely N-dealkylation sites (tertiary alicyclic amines) is 1. The molecule has 2 heterocycles. The van der Waals surface area contributed by atoms with Gasteiger partial charge in [0.2, 0.25) is 0 Å². The van der Waals surface area contributed by atoms with Gasteiger partial charge in [0.1, 0.15) is 0 Å². The Morgan fingerprint density at radius 2 is 2.05 bits per heavy atom. The van der Waals surface area contributed by atoms with Crippen LogP contribution in [0.1, 0.15) is 60.3 Å². The zero-order chi connectivity index (χ0) is 29.1. The number of carbonyl (C=O) groups is 1. The number of aliphatic imine (C=N–C) groups is 2. The highest BCUT2D eigenvalue weighted by molar-refractivity contribution is 6.19. The Hall–Kier alpha value is -3.53. The highest BCUT2D eigenvalue weighted by atomic mass is 16.1. The Balaban J connectivity index is 2.47. The molecule has 4 nitrogen and oxygen atoms in total. The number of nitrogens with zero attached hydrogens (tertiary/aromatic N) is 3. The number of rotatable bonds is 10. The lowest BCUT2D eigenvalue weighted by Crippen LogP contribution is -2.26. The molecule has 1 fully saturated rings. The first kappa shape index (κ1) is 31.7. The molecule has 0 aliphatic carbocycles. The number of hydrogen-bond acceptors (Lipinski definition) is 4. The summed E-state index contributed by atoms with van der Waals surface area (Å²) in [6.07, 6.45) is 17.2. The first-order chi connectivity index (χ1) is 18.5. The molecule has 0 aromatic carbocycles. The van der Waals surface area contributed by atoms with Crippen molar-refractivity contribution in [3.05, 3.63) is 108 Å². The SMILES string of the molecule is C=C/C(C)=C\C(C)/C(=C\C(=NC)C1=CC(=O)C(=C)CC(/C=C\C(=C/C)N2CCCC(=C)[C@H](C)C2)=N1)C(=C)CC. The van der Waals surface area contributed by atoms with Gasteiger partial charge in [-0.05, 0) is 74.3 Å². The molecule has 2 aliphatic rings. The molecule has 2 aliphatic heterocycles. The fourth-order valence-electron chi connectivity index (χ4n) is 4.79. The fraction of sp³-hybridized carbons (Fsp3) is 0.400. The summed E-state index contributed by atoms with van der Waals surface area (Å²) in [5.41, 5.74) is 8.15. The van der Waals surface area contributed by atoms with Gasteiger partial charge in [-0.25, -0.2) is 0 Å². The average molecular weight is 526 g/mol. The van der Waals surface area contributed by atoms with E-state index in [1.165, 1.54) is 5.57 Å². The van der Waals surface area contributed by atoms with Crippen LogP contribution in [0.15, 0.2) is 118 Å². The molecule has 4 heteroatoms. The quantitative estimate of drug-likeness (QED) is 0.125. The van der Waals surface area contributed by atoms with Gasteiger partial charge in [-0.3, -0.25) is 14.8 Å². The minimum absolute atomic E-state index is 0.108. The fourth-order valence-corrected chi connectivity index (χ4v) is 4.79. The number of carbonyl (C=O) groups excluding carboxylic acids is 1. The van der Waals surface area contributed by atoms with Gasteiger partial charge in [0.05, 0.1) is 11.4 Å². The van der Waals surface area contributed by atoms with Crippen LogP contribution < -0.4 is 0 Å². The molecule has 0 amide bonds. The molecule has 2 rings (SSSR count). The lowest BCUT2D eigenvalue weighted by molar-refractivity contribution is -0.111. The van der Waals surface area contributed by atoms with Crippen LogP contribution in [0.4, 0.5) is 0 Å². The molecule has 39 heavy (non-hydrogen) atoms. The molecule has 208 valence electrons. The van der Waals surface area contributed by atoms with Crippen molar-refractivity contribution in [1.82, 2.24) is 4.90 Å².